The fourth-order valence-electron chi connectivity index (χ4n) is 2.17. The van der Waals surface area contributed by atoms with Crippen LogP contribution >= 0.6 is 11.6 Å². The van der Waals surface area contributed by atoms with Crippen LogP contribution in [0.2, 0.25) is 5.02 Å². The van der Waals surface area contributed by atoms with Gasteiger partial charge in [-0.15, -0.1) is 0 Å². The summed E-state index contributed by atoms with van der Waals surface area (Å²) in [6.07, 6.45) is 2.81. The Hall–Kier alpha value is -2.10. The summed E-state index contributed by atoms with van der Waals surface area (Å²) < 4.78 is 1.70. The van der Waals surface area contributed by atoms with Crippen molar-refractivity contribution in [2.45, 2.75) is 6.10 Å². The molecule has 0 aliphatic heterocycles. The van der Waals surface area contributed by atoms with Crippen LogP contribution in [-0.2, 0) is 0 Å². The number of rotatable bonds is 3. The molecule has 1 atom stereocenters. The molecule has 0 bridgehead atoms. The molecule has 0 saturated heterocycles. The fourth-order valence-corrected chi connectivity index (χ4v) is 2.34. The standard InChI is InChI=1S/C16H13ClN2O/c17-13-7-8-14(15(11-13)19-10-4-9-18-19)16(20)12-5-2-1-3-6-12/h1-11,16,20H. The van der Waals surface area contributed by atoms with Crippen molar-refractivity contribution in [3.63, 3.8) is 0 Å². The van der Waals surface area contributed by atoms with Crippen LogP contribution in [0.4, 0.5) is 0 Å². The molecule has 1 heterocycles. The highest BCUT2D eigenvalue weighted by Gasteiger charge is 2.16. The maximum atomic E-state index is 10.6. The number of halogens is 1. The lowest BCUT2D eigenvalue weighted by Gasteiger charge is -2.16. The van der Waals surface area contributed by atoms with E-state index in [9.17, 15) is 5.11 Å². The summed E-state index contributed by atoms with van der Waals surface area (Å²) in [5.74, 6) is 0. The van der Waals surface area contributed by atoms with Crippen LogP contribution in [0.25, 0.3) is 5.69 Å². The molecule has 0 spiro atoms. The van der Waals surface area contributed by atoms with Gasteiger partial charge < -0.3 is 5.11 Å². The van der Waals surface area contributed by atoms with E-state index in [0.29, 0.717) is 5.02 Å². The highest BCUT2D eigenvalue weighted by atomic mass is 35.5. The zero-order chi connectivity index (χ0) is 13.9. The minimum Gasteiger partial charge on any atom is -0.384 e. The van der Waals surface area contributed by atoms with Gasteiger partial charge in [-0.05, 0) is 23.8 Å². The molecule has 0 amide bonds. The number of nitrogens with zero attached hydrogens (tertiary/aromatic N) is 2. The van der Waals surface area contributed by atoms with Gasteiger partial charge in [-0.1, -0.05) is 48.0 Å². The first-order valence-electron chi connectivity index (χ1n) is 6.28. The summed E-state index contributed by atoms with van der Waals surface area (Å²) >= 11 is 6.06. The molecule has 2 aromatic carbocycles. The van der Waals surface area contributed by atoms with Crippen molar-refractivity contribution in [2.24, 2.45) is 0 Å². The summed E-state index contributed by atoms with van der Waals surface area (Å²) in [6, 6.07) is 16.8. The summed E-state index contributed by atoms with van der Waals surface area (Å²) in [4.78, 5) is 0. The van der Waals surface area contributed by atoms with Crippen LogP contribution in [0.1, 0.15) is 17.2 Å². The third kappa shape index (κ3) is 2.46. The van der Waals surface area contributed by atoms with E-state index in [4.69, 9.17) is 11.6 Å². The van der Waals surface area contributed by atoms with Crippen molar-refractivity contribution in [3.8, 4) is 5.69 Å². The Morgan fingerprint density at radius 3 is 2.55 bits per heavy atom. The molecule has 4 heteroatoms. The molecule has 20 heavy (non-hydrogen) atoms. The molecule has 3 rings (SSSR count). The molecule has 0 aliphatic carbocycles. The van der Waals surface area contributed by atoms with Crippen LogP contribution in [0, 0.1) is 0 Å². The Balaban J connectivity index is 2.10. The second-order valence-electron chi connectivity index (χ2n) is 4.47. The Kier molecular flexibility index (Phi) is 3.54. The summed E-state index contributed by atoms with van der Waals surface area (Å²) in [5.41, 5.74) is 2.38. The zero-order valence-corrected chi connectivity index (χ0v) is 11.4. The predicted molar refractivity (Wildman–Crippen MR) is 79.1 cm³/mol. The fraction of sp³-hybridized carbons (Fsp3) is 0.0625. The maximum absolute atomic E-state index is 10.6. The van der Waals surface area contributed by atoms with E-state index in [1.165, 1.54) is 0 Å². The zero-order valence-electron chi connectivity index (χ0n) is 10.6. The minimum absolute atomic E-state index is 0.611. The molecule has 100 valence electrons. The second-order valence-corrected chi connectivity index (χ2v) is 4.90. The van der Waals surface area contributed by atoms with Crippen molar-refractivity contribution >= 4 is 11.6 Å². The van der Waals surface area contributed by atoms with Gasteiger partial charge in [-0.25, -0.2) is 4.68 Å². The van der Waals surface area contributed by atoms with Crippen molar-refractivity contribution in [2.75, 3.05) is 0 Å². The smallest absolute Gasteiger partial charge is 0.106 e. The molecule has 0 radical (unpaired) electrons. The highest BCUT2D eigenvalue weighted by molar-refractivity contribution is 6.30. The predicted octanol–water partition coefficient (Wildman–Crippen LogP) is 3.61. The van der Waals surface area contributed by atoms with Crippen molar-refractivity contribution < 1.29 is 5.11 Å². The van der Waals surface area contributed by atoms with E-state index < -0.39 is 6.10 Å². The first-order valence-corrected chi connectivity index (χ1v) is 6.66. The Morgan fingerprint density at radius 2 is 1.85 bits per heavy atom. The minimum atomic E-state index is -0.715. The molecular formula is C16H13ClN2O. The van der Waals surface area contributed by atoms with Gasteiger partial charge in [-0.2, -0.15) is 5.10 Å². The molecule has 1 unspecified atom stereocenters. The molecule has 1 N–H and O–H groups in total. The van der Waals surface area contributed by atoms with Gasteiger partial charge in [0.1, 0.15) is 6.10 Å². The first-order chi connectivity index (χ1) is 9.75. The van der Waals surface area contributed by atoms with Gasteiger partial charge in [0.05, 0.1) is 5.69 Å². The van der Waals surface area contributed by atoms with Gasteiger partial charge in [0, 0.05) is 23.0 Å². The topological polar surface area (TPSA) is 38.0 Å². The third-order valence-corrected chi connectivity index (χ3v) is 3.39. The lowest BCUT2D eigenvalue weighted by molar-refractivity contribution is 0.220. The van der Waals surface area contributed by atoms with Crippen LogP contribution < -0.4 is 0 Å². The van der Waals surface area contributed by atoms with Gasteiger partial charge in [0.25, 0.3) is 0 Å². The number of hydrogen-bond acceptors (Lipinski definition) is 2. The molecule has 3 aromatic rings. The Labute approximate surface area is 122 Å². The molecular weight excluding hydrogens is 272 g/mol. The third-order valence-electron chi connectivity index (χ3n) is 3.15. The average molecular weight is 285 g/mol. The van der Waals surface area contributed by atoms with Gasteiger partial charge in [-0.3, -0.25) is 0 Å². The monoisotopic (exact) mass is 284 g/mol. The molecule has 0 aliphatic rings. The number of aliphatic hydroxyl groups is 1. The summed E-state index contributed by atoms with van der Waals surface area (Å²) in [7, 11) is 0. The Bertz CT molecular complexity index is 696. The quantitative estimate of drug-likeness (QED) is 0.798. The van der Waals surface area contributed by atoms with E-state index in [1.807, 2.05) is 48.7 Å². The van der Waals surface area contributed by atoms with Gasteiger partial charge >= 0.3 is 0 Å². The SMILES string of the molecule is OC(c1ccccc1)c1ccc(Cl)cc1-n1cccn1. The van der Waals surface area contributed by atoms with E-state index in [0.717, 1.165) is 16.8 Å². The number of hydrogen-bond donors (Lipinski definition) is 1. The highest BCUT2D eigenvalue weighted by Crippen LogP contribution is 2.29. The van der Waals surface area contributed by atoms with Crippen LogP contribution in [0.15, 0.2) is 67.0 Å². The second kappa shape index (κ2) is 5.49. The van der Waals surface area contributed by atoms with Crippen LogP contribution in [0.5, 0.6) is 0 Å². The number of aliphatic hydroxyl groups excluding tert-OH is 1. The lowest BCUT2D eigenvalue weighted by Crippen LogP contribution is -2.06. The van der Waals surface area contributed by atoms with E-state index in [1.54, 1.807) is 23.0 Å². The summed E-state index contributed by atoms with van der Waals surface area (Å²) in [6.45, 7) is 0. The van der Waals surface area contributed by atoms with Crippen LogP contribution in [0.3, 0.4) is 0 Å². The van der Waals surface area contributed by atoms with Crippen LogP contribution in [-0.4, -0.2) is 14.9 Å². The van der Waals surface area contributed by atoms with E-state index in [2.05, 4.69) is 5.10 Å². The largest absolute Gasteiger partial charge is 0.384 e. The lowest BCUT2D eigenvalue weighted by atomic mass is 10.00. The Morgan fingerprint density at radius 1 is 1.05 bits per heavy atom. The normalized spacial score (nSPS) is 12.3. The molecule has 0 fully saturated rings. The average Bonchev–Trinajstić information content (AvgIpc) is 3.01. The number of benzene rings is 2. The van der Waals surface area contributed by atoms with Gasteiger partial charge in [0.2, 0.25) is 0 Å². The first kappa shape index (κ1) is 12.9. The molecule has 0 saturated carbocycles. The van der Waals surface area contributed by atoms with Gasteiger partial charge in [0.15, 0.2) is 0 Å². The van der Waals surface area contributed by atoms with Crippen molar-refractivity contribution in [1.82, 2.24) is 9.78 Å². The molecule has 1 aromatic heterocycles. The van der Waals surface area contributed by atoms with E-state index in [-0.39, 0.29) is 0 Å². The number of aromatic nitrogens is 2. The maximum Gasteiger partial charge on any atom is 0.106 e. The van der Waals surface area contributed by atoms with E-state index >= 15 is 0 Å². The van der Waals surface area contributed by atoms with Crippen molar-refractivity contribution in [1.29, 1.82) is 0 Å². The van der Waals surface area contributed by atoms with Crippen molar-refractivity contribution in [3.05, 3.63) is 83.1 Å². The summed E-state index contributed by atoms with van der Waals surface area (Å²) in [5, 5.41) is 15.4. The molecule has 3 nitrogen and oxygen atoms in total.